The molecule has 0 bridgehead atoms. The smallest absolute Gasteiger partial charge is 0.251 e. The van der Waals surface area contributed by atoms with Gasteiger partial charge >= 0.3 is 0 Å². The number of fused-ring (bicyclic) bond motifs is 3. The number of benzene rings is 2. The van der Waals surface area contributed by atoms with Crippen molar-refractivity contribution in [1.29, 1.82) is 0 Å². The van der Waals surface area contributed by atoms with E-state index in [0.29, 0.717) is 26.1 Å². The van der Waals surface area contributed by atoms with E-state index in [-0.39, 0.29) is 36.1 Å². The van der Waals surface area contributed by atoms with Crippen LogP contribution < -0.4 is 4.90 Å². The van der Waals surface area contributed by atoms with Crippen LogP contribution >= 0.6 is 11.8 Å². The lowest BCUT2D eigenvalue weighted by atomic mass is 9.78. The standard InChI is InChI=1S/C30H33N3O4S/c1-2-14-31-15-5-10-23-24(27(31)35)25-28(36)33(17-7-18-34)26-29(37)32(16-6-13-30(25,26)38-23)22-12-11-20-8-3-4-9-21(20)19-22/h3-6,8-13,19,23-26,34H,2,7,14-18H2,1H3/t23-,24+,25+,26?,30+/m1/s1. The van der Waals surface area contributed by atoms with E-state index in [4.69, 9.17) is 0 Å². The Morgan fingerprint density at radius 3 is 2.58 bits per heavy atom. The van der Waals surface area contributed by atoms with Gasteiger partial charge in [-0.25, -0.2) is 0 Å². The van der Waals surface area contributed by atoms with Crippen LogP contribution in [0.3, 0.4) is 0 Å². The van der Waals surface area contributed by atoms with E-state index < -0.39 is 22.6 Å². The maximum absolute atomic E-state index is 14.4. The molecular weight excluding hydrogens is 498 g/mol. The van der Waals surface area contributed by atoms with Crippen molar-refractivity contribution in [3.05, 3.63) is 66.8 Å². The number of carbonyl (C=O) groups is 3. The molecule has 1 unspecified atom stereocenters. The van der Waals surface area contributed by atoms with Crippen LogP contribution in [0.2, 0.25) is 0 Å². The molecule has 8 heteroatoms. The molecule has 38 heavy (non-hydrogen) atoms. The molecule has 4 heterocycles. The number of hydrogen-bond donors (Lipinski definition) is 1. The zero-order valence-electron chi connectivity index (χ0n) is 21.5. The summed E-state index contributed by atoms with van der Waals surface area (Å²) >= 11 is 1.60. The third-order valence-electron chi connectivity index (χ3n) is 8.34. The van der Waals surface area contributed by atoms with Crippen LogP contribution in [0.5, 0.6) is 0 Å². The molecule has 2 aromatic carbocycles. The highest BCUT2D eigenvalue weighted by molar-refractivity contribution is 8.02. The van der Waals surface area contributed by atoms with Crippen molar-refractivity contribution in [2.45, 2.75) is 35.8 Å². The first-order chi connectivity index (χ1) is 18.5. The number of hydrogen-bond acceptors (Lipinski definition) is 5. The van der Waals surface area contributed by atoms with Crippen molar-refractivity contribution in [3.8, 4) is 0 Å². The lowest BCUT2D eigenvalue weighted by Crippen LogP contribution is -2.53. The normalized spacial score (nSPS) is 30.5. The topological polar surface area (TPSA) is 81.2 Å². The Bertz CT molecular complexity index is 1340. The molecule has 198 valence electrons. The second kappa shape index (κ2) is 9.89. The van der Waals surface area contributed by atoms with Crippen molar-refractivity contribution in [1.82, 2.24) is 9.80 Å². The van der Waals surface area contributed by atoms with Gasteiger partial charge in [0.05, 0.1) is 16.6 Å². The number of anilines is 1. The van der Waals surface area contributed by atoms with Crippen molar-refractivity contribution in [2.24, 2.45) is 11.8 Å². The maximum Gasteiger partial charge on any atom is 0.251 e. The van der Waals surface area contributed by atoms with Crippen molar-refractivity contribution in [3.63, 3.8) is 0 Å². The SMILES string of the molecule is CCCN1CC=C[C@H]2S[C@]34C=CCN(c5ccc6ccccc6c5)C(=O)C3N(CCCO)C(=O)[C@@H]4[C@H]2C1=O. The van der Waals surface area contributed by atoms with Crippen LogP contribution in [0.25, 0.3) is 10.8 Å². The summed E-state index contributed by atoms with van der Waals surface area (Å²) in [7, 11) is 0. The fourth-order valence-corrected chi connectivity index (χ4v) is 8.72. The van der Waals surface area contributed by atoms with Crippen LogP contribution in [0, 0.1) is 11.8 Å². The molecule has 6 rings (SSSR count). The molecule has 0 saturated carbocycles. The Hall–Kier alpha value is -3.10. The van der Waals surface area contributed by atoms with E-state index in [9.17, 15) is 19.5 Å². The number of aliphatic hydroxyl groups is 1. The van der Waals surface area contributed by atoms with Gasteiger partial charge in [0.1, 0.15) is 6.04 Å². The summed E-state index contributed by atoms with van der Waals surface area (Å²) in [6.07, 6.45) is 9.38. The maximum atomic E-state index is 14.4. The van der Waals surface area contributed by atoms with Gasteiger partial charge in [-0.2, -0.15) is 0 Å². The number of rotatable bonds is 6. The minimum atomic E-state index is -0.834. The van der Waals surface area contributed by atoms with Gasteiger partial charge in [0.2, 0.25) is 11.8 Å². The average Bonchev–Trinajstić information content (AvgIpc) is 3.24. The number of thioether (sulfide) groups is 1. The Kier molecular flexibility index (Phi) is 6.56. The summed E-state index contributed by atoms with van der Waals surface area (Å²) in [5.74, 6) is -1.41. The summed E-state index contributed by atoms with van der Waals surface area (Å²) in [5, 5.41) is 11.6. The van der Waals surface area contributed by atoms with Crippen LogP contribution in [0.1, 0.15) is 19.8 Å². The van der Waals surface area contributed by atoms with Gasteiger partial charge in [-0.1, -0.05) is 61.6 Å². The molecule has 7 nitrogen and oxygen atoms in total. The molecule has 0 radical (unpaired) electrons. The molecule has 3 amide bonds. The molecule has 0 aliphatic carbocycles. The predicted octanol–water partition coefficient (Wildman–Crippen LogP) is 3.23. The van der Waals surface area contributed by atoms with E-state index in [1.165, 1.54) is 0 Å². The monoisotopic (exact) mass is 531 g/mol. The Balaban J connectivity index is 1.43. The first kappa shape index (κ1) is 25.2. The van der Waals surface area contributed by atoms with Gasteiger partial charge in [0.25, 0.3) is 5.91 Å². The molecule has 1 spiro atoms. The van der Waals surface area contributed by atoms with Crippen LogP contribution in [-0.4, -0.2) is 81.5 Å². The van der Waals surface area contributed by atoms with Crippen LogP contribution in [-0.2, 0) is 14.4 Å². The highest BCUT2D eigenvalue weighted by atomic mass is 32.2. The minimum absolute atomic E-state index is 0.00353. The third-order valence-corrected chi connectivity index (χ3v) is 10.1. The summed E-state index contributed by atoms with van der Waals surface area (Å²) in [5.41, 5.74) is 0.788. The quantitative estimate of drug-likeness (QED) is 0.579. The van der Waals surface area contributed by atoms with Gasteiger partial charge < -0.3 is 19.8 Å². The van der Waals surface area contributed by atoms with Gasteiger partial charge in [-0.3, -0.25) is 14.4 Å². The van der Waals surface area contributed by atoms with Crippen LogP contribution in [0.4, 0.5) is 5.69 Å². The Morgan fingerprint density at radius 1 is 0.974 bits per heavy atom. The van der Waals surface area contributed by atoms with Crippen LogP contribution in [0.15, 0.2) is 66.8 Å². The molecule has 2 saturated heterocycles. The molecule has 2 aromatic rings. The summed E-state index contributed by atoms with van der Waals surface area (Å²) in [6.45, 7) is 3.85. The van der Waals surface area contributed by atoms with Gasteiger partial charge in [0, 0.05) is 43.7 Å². The Labute approximate surface area is 227 Å². The first-order valence-electron chi connectivity index (χ1n) is 13.5. The average molecular weight is 532 g/mol. The summed E-state index contributed by atoms with van der Waals surface area (Å²) in [6, 6.07) is 13.3. The van der Waals surface area contributed by atoms with Gasteiger partial charge in [-0.05, 0) is 35.7 Å². The molecule has 4 aliphatic rings. The molecule has 2 fully saturated rings. The highest BCUT2D eigenvalue weighted by Crippen LogP contribution is 2.61. The Morgan fingerprint density at radius 2 is 1.79 bits per heavy atom. The predicted molar refractivity (Wildman–Crippen MR) is 150 cm³/mol. The first-order valence-corrected chi connectivity index (χ1v) is 14.4. The molecule has 1 N–H and O–H groups in total. The third kappa shape index (κ3) is 3.80. The summed E-state index contributed by atoms with van der Waals surface area (Å²) < 4.78 is -0.834. The van der Waals surface area contributed by atoms with Crippen molar-refractivity contribution >= 4 is 45.9 Å². The summed E-state index contributed by atoms with van der Waals surface area (Å²) in [4.78, 5) is 47.7. The van der Waals surface area contributed by atoms with E-state index in [2.05, 4.69) is 6.08 Å². The van der Waals surface area contributed by atoms with Crippen molar-refractivity contribution in [2.75, 3.05) is 37.7 Å². The largest absolute Gasteiger partial charge is 0.396 e. The lowest BCUT2D eigenvalue weighted by Gasteiger charge is -2.35. The second-order valence-corrected chi connectivity index (χ2v) is 12.0. The van der Waals surface area contributed by atoms with E-state index in [0.717, 1.165) is 22.9 Å². The van der Waals surface area contributed by atoms with Crippen molar-refractivity contribution < 1.29 is 19.5 Å². The number of amides is 3. The van der Waals surface area contributed by atoms with E-state index in [1.807, 2.05) is 72.5 Å². The minimum Gasteiger partial charge on any atom is -0.396 e. The number of likely N-dealkylation sites (tertiary alicyclic amines) is 1. The van der Waals surface area contributed by atoms with E-state index >= 15 is 0 Å². The zero-order chi connectivity index (χ0) is 26.4. The van der Waals surface area contributed by atoms with E-state index in [1.54, 1.807) is 21.6 Å². The molecule has 5 atom stereocenters. The number of aliphatic hydroxyl groups excluding tert-OH is 1. The second-order valence-electron chi connectivity index (χ2n) is 10.5. The molecule has 0 aromatic heterocycles. The lowest BCUT2D eigenvalue weighted by molar-refractivity contribution is -0.142. The van der Waals surface area contributed by atoms with Gasteiger partial charge in [-0.15, -0.1) is 11.8 Å². The van der Waals surface area contributed by atoms with Gasteiger partial charge in [0.15, 0.2) is 0 Å². The number of nitrogens with zero attached hydrogens (tertiary/aromatic N) is 3. The zero-order valence-corrected chi connectivity index (χ0v) is 22.3. The molecular formula is C30H33N3O4S. The highest BCUT2D eigenvalue weighted by Gasteiger charge is 2.70. The fourth-order valence-electron chi connectivity index (χ4n) is 6.72. The fraction of sp³-hybridized carbons (Fsp3) is 0.433. The number of carbonyl (C=O) groups excluding carboxylic acids is 3. The molecule has 4 aliphatic heterocycles.